The van der Waals surface area contributed by atoms with E-state index in [2.05, 4.69) is 31.4 Å². The fraction of sp³-hybridized carbons (Fsp3) is 0.238. The van der Waals surface area contributed by atoms with Gasteiger partial charge in [0.15, 0.2) is 5.58 Å². The number of hydrogen-bond acceptors (Lipinski definition) is 8. The summed E-state index contributed by atoms with van der Waals surface area (Å²) in [6.45, 7) is 4.15. The Hall–Kier alpha value is -4.26. The Morgan fingerprint density at radius 1 is 1.16 bits per heavy atom. The summed E-state index contributed by atoms with van der Waals surface area (Å²) in [6.07, 6.45) is 1.54. The Bertz CT molecular complexity index is 1300. The molecule has 0 unspecified atom stereocenters. The fourth-order valence-electron chi connectivity index (χ4n) is 3.64. The summed E-state index contributed by atoms with van der Waals surface area (Å²) in [5.74, 6) is -0.113. The van der Waals surface area contributed by atoms with Crippen LogP contribution in [0.3, 0.4) is 0 Å². The summed E-state index contributed by atoms with van der Waals surface area (Å²) in [7, 11) is 0. The Labute approximate surface area is 177 Å². The van der Waals surface area contributed by atoms with Crippen LogP contribution in [0, 0.1) is 18.3 Å². The van der Waals surface area contributed by atoms with Gasteiger partial charge in [0.2, 0.25) is 5.65 Å². The second-order valence-electron chi connectivity index (χ2n) is 7.28. The number of rotatable bonds is 3. The fourth-order valence-corrected chi connectivity index (χ4v) is 3.64. The molecule has 1 saturated heterocycles. The number of benzene rings is 1. The zero-order chi connectivity index (χ0) is 21.4. The molecule has 1 aliphatic rings. The standard InChI is InChI=1S/C21H18N8O2/c1-13-2-5-18-19(24-13)25-21(31-18)29-8-6-28(7-9-29)20(30)14-3-4-16(15(10-14)11-22)17-12-23-27-26-17/h2-5,10,12H,6-9H2,1H3,(H,23,26,27). The molecule has 1 fully saturated rings. The normalized spacial score (nSPS) is 14.1. The lowest BCUT2D eigenvalue weighted by molar-refractivity contribution is 0.0745. The highest BCUT2D eigenvalue weighted by Crippen LogP contribution is 2.24. The minimum Gasteiger partial charge on any atom is -0.422 e. The van der Waals surface area contributed by atoms with Gasteiger partial charge in [-0.05, 0) is 31.2 Å². The Balaban J connectivity index is 1.30. The van der Waals surface area contributed by atoms with Crippen LogP contribution in [0.15, 0.2) is 40.9 Å². The molecule has 1 aliphatic heterocycles. The first kappa shape index (κ1) is 18.7. The number of hydrogen-bond donors (Lipinski definition) is 1. The van der Waals surface area contributed by atoms with Gasteiger partial charge >= 0.3 is 0 Å². The van der Waals surface area contributed by atoms with E-state index < -0.39 is 0 Å². The van der Waals surface area contributed by atoms with Gasteiger partial charge in [0, 0.05) is 43.0 Å². The molecule has 0 radical (unpaired) electrons. The number of oxazole rings is 1. The van der Waals surface area contributed by atoms with E-state index in [4.69, 9.17) is 4.42 Å². The van der Waals surface area contributed by atoms with Crippen molar-refractivity contribution in [1.82, 2.24) is 30.3 Å². The van der Waals surface area contributed by atoms with E-state index in [1.807, 2.05) is 24.0 Å². The van der Waals surface area contributed by atoms with Crippen LogP contribution >= 0.6 is 0 Å². The second-order valence-corrected chi connectivity index (χ2v) is 7.28. The van der Waals surface area contributed by atoms with Gasteiger partial charge in [-0.2, -0.15) is 25.7 Å². The van der Waals surface area contributed by atoms with Crippen LogP contribution in [0.2, 0.25) is 0 Å². The van der Waals surface area contributed by atoms with Crippen molar-refractivity contribution in [3.8, 4) is 17.3 Å². The number of aromatic nitrogens is 5. The number of fused-ring (bicyclic) bond motifs is 1. The number of carbonyl (C=O) groups is 1. The molecule has 154 valence electrons. The molecule has 3 aromatic heterocycles. The first-order valence-electron chi connectivity index (χ1n) is 9.81. The van der Waals surface area contributed by atoms with Crippen molar-refractivity contribution in [3.05, 3.63) is 53.3 Å². The van der Waals surface area contributed by atoms with E-state index in [0.717, 1.165) is 5.69 Å². The molecule has 4 heterocycles. The summed E-state index contributed by atoms with van der Waals surface area (Å²) in [5, 5.41) is 19.8. The zero-order valence-electron chi connectivity index (χ0n) is 16.7. The predicted octanol–water partition coefficient (Wildman–Crippen LogP) is 2.15. The Kier molecular flexibility index (Phi) is 4.55. The van der Waals surface area contributed by atoms with Crippen molar-refractivity contribution in [2.75, 3.05) is 31.1 Å². The molecule has 4 aromatic rings. The summed E-state index contributed by atoms with van der Waals surface area (Å²) >= 11 is 0. The average Bonchev–Trinajstić information content (AvgIpc) is 3.48. The van der Waals surface area contributed by atoms with E-state index in [0.29, 0.717) is 65.8 Å². The van der Waals surface area contributed by atoms with Gasteiger partial charge in [-0.1, -0.05) is 6.07 Å². The molecule has 0 aliphatic carbocycles. The minimum absolute atomic E-state index is 0.113. The number of pyridine rings is 1. The van der Waals surface area contributed by atoms with E-state index in [1.54, 1.807) is 29.3 Å². The van der Waals surface area contributed by atoms with Crippen LogP contribution in [-0.4, -0.2) is 62.4 Å². The first-order valence-corrected chi connectivity index (χ1v) is 9.81. The summed E-state index contributed by atoms with van der Waals surface area (Å²) in [4.78, 5) is 25.6. The highest BCUT2D eigenvalue weighted by atomic mass is 16.4. The highest BCUT2D eigenvalue weighted by molar-refractivity contribution is 5.95. The maximum Gasteiger partial charge on any atom is 0.300 e. The van der Waals surface area contributed by atoms with Crippen molar-refractivity contribution in [2.45, 2.75) is 6.92 Å². The molecule has 5 rings (SSSR count). The number of piperazine rings is 1. The Morgan fingerprint density at radius 3 is 2.74 bits per heavy atom. The summed E-state index contributed by atoms with van der Waals surface area (Å²) in [6, 6.07) is 11.5. The summed E-state index contributed by atoms with van der Waals surface area (Å²) < 4.78 is 5.82. The van der Waals surface area contributed by atoms with Gasteiger partial charge in [0.25, 0.3) is 11.9 Å². The van der Waals surface area contributed by atoms with Gasteiger partial charge in [-0.25, -0.2) is 4.98 Å². The third-order valence-corrected chi connectivity index (χ3v) is 5.30. The number of nitriles is 1. The number of H-pyrrole nitrogens is 1. The van der Waals surface area contributed by atoms with Crippen molar-refractivity contribution in [1.29, 1.82) is 5.26 Å². The van der Waals surface area contributed by atoms with Crippen LogP contribution < -0.4 is 4.90 Å². The van der Waals surface area contributed by atoms with Crippen molar-refractivity contribution < 1.29 is 9.21 Å². The van der Waals surface area contributed by atoms with Crippen molar-refractivity contribution >= 4 is 23.2 Å². The maximum absolute atomic E-state index is 13.0. The third-order valence-electron chi connectivity index (χ3n) is 5.30. The van der Waals surface area contributed by atoms with Gasteiger partial charge in [-0.3, -0.25) is 4.79 Å². The largest absolute Gasteiger partial charge is 0.422 e. The molecule has 31 heavy (non-hydrogen) atoms. The van der Waals surface area contributed by atoms with E-state index in [9.17, 15) is 10.1 Å². The molecule has 0 spiro atoms. The van der Waals surface area contributed by atoms with Crippen LogP contribution in [0.5, 0.6) is 0 Å². The maximum atomic E-state index is 13.0. The zero-order valence-corrected chi connectivity index (χ0v) is 16.7. The predicted molar refractivity (Wildman–Crippen MR) is 111 cm³/mol. The topological polar surface area (TPSA) is 128 Å². The average molecular weight is 414 g/mol. The van der Waals surface area contributed by atoms with Crippen LogP contribution in [0.25, 0.3) is 22.5 Å². The third kappa shape index (κ3) is 3.46. The lowest BCUT2D eigenvalue weighted by atomic mass is 10.0. The van der Waals surface area contributed by atoms with Crippen LogP contribution in [0.1, 0.15) is 21.6 Å². The summed E-state index contributed by atoms with van der Waals surface area (Å²) in [5.41, 5.74) is 4.17. The van der Waals surface area contributed by atoms with E-state index >= 15 is 0 Å². The van der Waals surface area contributed by atoms with Crippen molar-refractivity contribution in [2.24, 2.45) is 0 Å². The molecule has 1 N–H and O–H groups in total. The number of amides is 1. The monoisotopic (exact) mass is 414 g/mol. The number of aryl methyl sites for hydroxylation is 1. The van der Waals surface area contributed by atoms with Gasteiger partial charge in [0.05, 0.1) is 17.8 Å². The number of anilines is 1. The quantitative estimate of drug-likeness (QED) is 0.540. The van der Waals surface area contributed by atoms with E-state index in [1.165, 1.54) is 0 Å². The molecule has 10 heteroatoms. The SMILES string of the molecule is Cc1ccc2oc(N3CCN(C(=O)c4ccc(-c5cn[nH]n5)c(C#N)c4)CC3)nc2n1. The van der Waals surface area contributed by atoms with Gasteiger partial charge < -0.3 is 14.2 Å². The lowest BCUT2D eigenvalue weighted by Crippen LogP contribution is -2.48. The number of nitrogens with one attached hydrogen (secondary N) is 1. The van der Waals surface area contributed by atoms with Gasteiger partial charge in [0.1, 0.15) is 5.69 Å². The van der Waals surface area contributed by atoms with Crippen LogP contribution in [0.4, 0.5) is 6.01 Å². The molecule has 1 aromatic carbocycles. The van der Waals surface area contributed by atoms with Crippen molar-refractivity contribution in [3.63, 3.8) is 0 Å². The smallest absolute Gasteiger partial charge is 0.300 e. The Morgan fingerprint density at radius 2 is 2.00 bits per heavy atom. The molecule has 0 saturated carbocycles. The number of nitrogens with zero attached hydrogens (tertiary/aromatic N) is 7. The second kappa shape index (κ2) is 7.53. The lowest BCUT2D eigenvalue weighted by Gasteiger charge is -2.33. The molecular weight excluding hydrogens is 396 g/mol. The van der Waals surface area contributed by atoms with E-state index in [-0.39, 0.29) is 5.91 Å². The first-order chi connectivity index (χ1) is 15.1. The number of carbonyl (C=O) groups excluding carboxylic acids is 1. The highest BCUT2D eigenvalue weighted by Gasteiger charge is 2.25. The minimum atomic E-state index is -0.113. The molecular formula is C21H18N8O2. The van der Waals surface area contributed by atoms with Gasteiger partial charge in [-0.15, -0.1) is 0 Å². The van der Waals surface area contributed by atoms with Crippen LogP contribution in [-0.2, 0) is 0 Å². The molecule has 10 nitrogen and oxygen atoms in total. The molecule has 0 atom stereocenters. The molecule has 1 amide bonds. The number of aromatic amines is 1. The molecule has 0 bridgehead atoms.